The van der Waals surface area contributed by atoms with Gasteiger partial charge in [-0.15, -0.1) is 11.8 Å². The lowest BCUT2D eigenvalue weighted by Crippen LogP contribution is -2.46. The van der Waals surface area contributed by atoms with Gasteiger partial charge in [0, 0.05) is 63.7 Å². The normalized spacial score (nSPS) is 23.9. The fourth-order valence-corrected chi connectivity index (χ4v) is 5.48. The molecule has 5 rings (SSSR count). The van der Waals surface area contributed by atoms with Gasteiger partial charge in [-0.3, -0.25) is 10.00 Å². The average molecular weight is 402 g/mol. The van der Waals surface area contributed by atoms with E-state index in [1.54, 1.807) is 6.20 Å². The number of fused-ring (bicyclic) bond motifs is 1. The van der Waals surface area contributed by atoms with Gasteiger partial charge in [0.1, 0.15) is 5.82 Å². The number of likely N-dealkylation sites (N-methyl/N-ethyl adjacent to an activating group) is 1. The van der Waals surface area contributed by atoms with Crippen LogP contribution < -0.4 is 4.90 Å². The summed E-state index contributed by atoms with van der Waals surface area (Å²) in [6.45, 7) is 9.05. The summed E-state index contributed by atoms with van der Waals surface area (Å²) >= 11 is 1.97. The molecule has 0 bridgehead atoms. The fourth-order valence-electron chi connectivity index (χ4n) is 4.08. The zero-order chi connectivity index (χ0) is 18.9. The van der Waals surface area contributed by atoms with Gasteiger partial charge < -0.3 is 14.5 Å². The van der Waals surface area contributed by atoms with Gasteiger partial charge in [-0.05, 0) is 7.05 Å². The summed E-state index contributed by atoms with van der Waals surface area (Å²) in [4.78, 5) is 18.5. The van der Waals surface area contributed by atoms with E-state index in [-0.39, 0.29) is 0 Å². The molecular weight excluding hydrogens is 374 g/mol. The first-order valence-electron chi connectivity index (χ1n) is 10.1. The SMILES string of the molecule is CN1CCN(CC2Cc3nc(-c4cn[nH]c4)nc(N4CCOCC4)c3S2)CC1. The molecule has 0 aliphatic carbocycles. The number of morpholine rings is 1. The van der Waals surface area contributed by atoms with Crippen LogP contribution in [0.5, 0.6) is 0 Å². The standard InChI is InChI=1S/C19H27N7OS/c1-24-2-4-25(5-3-24)13-15-10-16-17(28-15)19(26-6-8-27-9-7-26)23-18(22-16)14-11-20-21-12-14/h11-12,15H,2-10,13H2,1H3,(H,20,21). The van der Waals surface area contributed by atoms with E-state index in [9.17, 15) is 0 Å². The molecule has 0 amide bonds. The summed E-state index contributed by atoms with van der Waals surface area (Å²) in [7, 11) is 2.21. The lowest BCUT2D eigenvalue weighted by Gasteiger charge is -2.33. The van der Waals surface area contributed by atoms with Gasteiger partial charge in [0.2, 0.25) is 0 Å². The maximum Gasteiger partial charge on any atom is 0.165 e. The maximum atomic E-state index is 5.56. The molecule has 5 heterocycles. The molecule has 1 unspecified atom stereocenters. The highest BCUT2D eigenvalue weighted by Crippen LogP contribution is 2.43. The van der Waals surface area contributed by atoms with Crippen LogP contribution in [0.2, 0.25) is 0 Å². The van der Waals surface area contributed by atoms with E-state index in [1.807, 2.05) is 18.0 Å². The number of hydrogen-bond acceptors (Lipinski definition) is 8. The van der Waals surface area contributed by atoms with Crippen molar-refractivity contribution in [2.45, 2.75) is 16.6 Å². The smallest absolute Gasteiger partial charge is 0.165 e. The van der Waals surface area contributed by atoms with Crippen LogP contribution in [0.15, 0.2) is 17.3 Å². The van der Waals surface area contributed by atoms with E-state index in [4.69, 9.17) is 14.7 Å². The Morgan fingerprint density at radius 2 is 1.96 bits per heavy atom. The summed E-state index contributed by atoms with van der Waals surface area (Å²) in [6.07, 6.45) is 4.68. The zero-order valence-corrected chi connectivity index (χ0v) is 17.1. The van der Waals surface area contributed by atoms with Crippen LogP contribution in [-0.4, -0.2) is 101 Å². The number of nitrogens with one attached hydrogen (secondary N) is 1. The molecule has 8 nitrogen and oxygen atoms in total. The van der Waals surface area contributed by atoms with Crippen LogP contribution in [0.25, 0.3) is 11.4 Å². The number of anilines is 1. The molecule has 0 radical (unpaired) electrons. The molecule has 0 spiro atoms. The molecule has 2 aromatic rings. The minimum atomic E-state index is 0.548. The molecule has 2 aromatic heterocycles. The van der Waals surface area contributed by atoms with Crippen molar-refractivity contribution in [3.05, 3.63) is 18.1 Å². The van der Waals surface area contributed by atoms with E-state index in [2.05, 4.69) is 31.9 Å². The topological polar surface area (TPSA) is 73.4 Å². The second kappa shape index (κ2) is 7.98. The first-order valence-corrected chi connectivity index (χ1v) is 10.9. The van der Waals surface area contributed by atoms with Crippen molar-refractivity contribution in [3.8, 4) is 11.4 Å². The van der Waals surface area contributed by atoms with Gasteiger partial charge in [-0.2, -0.15) is 5.10 Å². The van der Waals surface area contributed by atoms with Crippen LogP contribution in [-0.2, 0) is 11.2 Å². The number of aromatic amines is 1. The molecular formula is C19H27N7OS. The largest absolute Gasteiger partial charge is 0.378 e. The van der Waals surface area contributed by atoms with E-state index >= 15 is 0 Å². The van der Waals surface area contributed by atoms with Crippen molar-refractivity contribution in [3.63, 3.8) is 0 Å². The second-order valence-corrected chi connectivity index (χ2v) is 9.09. The highest BCUT2D eigenvalue weighted by molar-refractivity contribution is 8.00. The van der Waals surface area contributed by atoms with Crippen LogP contribution in [0.3, 0.4) is 0 Å². The molecule has 3 aliphatic rings. The predicted molar refractivity (Wildman–Crippen MR) is 110 cm³/mol. The number of piperazine rings is 1. The fraction of sp³-hybridized carbons (Fsp3) is 0.632. The Hall–Kier alpha value is -1.68. The number of rotatable bonds is 4. The highest BCUT2D eigenvalue weighted by Gasteiger charge is 2.32. The molecule has 3 aliphatic heterocycles. The first kappa shape index (κ1) is 18.4. The minimum Gasteiger partial charge on any atom is -0.378 e. The Balaban J connectivity index is 1.40. The Morgan fingerprint density at radius 1 is 1.14 bits per heavy atom. The second-order valence-electron chi connectivity index (χ2n) is 7.78. The van der Waals surface area contributed by atoms with Crippen LogP contribution >= 0.6 is 11.8 Å². The van der Waals surface area contributed by atoms with Gasteiger partial charge in [0.25, 0.3) is 0 Å². The monoisotopic (exact) mass is 401 g/mol. The van der Waals surface area contributed by atoms with Crippen molar-refractivity contribution in [1.29, 1.82) is 0 Å². The maximum absolute atomic E-state index is 5.56. The molecule has 0 aromatic carbocycles. The van der Waals surface area contributed by atoms with E-state index < -0.39 is 0 Å². The third-order valence-corrected chi connectivity index (χ3v) is 7.05. The number of aromatic nitrogens is 4. The Labute approximate surface area is 169 Å². The van der Waals surface area contributed by atoms with Gasteiger partial charge in [0.05, 0.1) is 35.6 Å². The van der Waals surface area contributed by atoms with Gasteiger partial charge in [-0.25, -0.2) is 9.97 Å². The summed E-state index contributed by atoms with van der Waals surface area (Å²) in [5.74, 6) is 1.85. The van der Waals surface area contributed by atoms with Crippen LogP contribution in [0.1, 0.15) is 5.69 Å². The first-order chi connectivity index (χ1) is 13.8. The highest BCUT2D eigenvalue weighted by atomic mass is 32.2. The Kier molecular flexibility index (Phi) is 5.23. The Bertz CT molecular complexity index is 801. The molecule has 2 saturated heterocycles. The lowest BCUT2D eigenvalue weighted by atomic mass is 10.2. The van der Waals surface area contributed by atoms with Crippen molar-refractivity contribution in [2.24, 2.45) is 0 Å². The third kappa shape index (κ3) is 3.76. The molecule has 2 fully saturated rings. The van der Waals surface area contributed by atoms with E-state index in [1.165, 1.54) is 10.6 Å². The molecule has 1 atom stereocenters. The zero-order valence-electron chi connectivity index (χ0n) is 16.3. The molecule has 9 heteroatoms. The number of H-pyrrole nitrogens is 1. The quantitative estimate of drug-likeness (QED) is 0.813. The number of thioether (sulfide) groups is 1. The van der Waals surface area contributed by atoms with E-state index in [0.29, 0.717) is 5.25 Å². The molecule has 150 valence electrons. The molecule has 0 saturated carbocycles. The van der Waals surface area contributed by atoms with Crippen LogP contribution in [0.4, 0.5) is 5.82 Å². The van der Waals surface area contributed by atoms with Gasteiger partial charge >= 0.3 is 0 Å². The summed E-state index contributed by atoms with van der Waals surface area (Å²) in [5, 5.41) is 7.51. The lowest BCUT2D eigenvalue weighted by molar-refractivity contribution is 0.122. The molecule has 1 N–H and O–H groups in total. The predicted octanol–water partition coefficient (Wildman–Crippen LogP) is 0.967. The number of ether oxygens (including phenoxy) is 1. The summed E-state index contributed by atoms with van der Waals surface area (Å²) in [6, 6.07) is 0. The van der Waals surface area contributed by atoms with Crippen molar-refractivity contribution in [1.82, 2.24) is 30.0 Å². The number of nitrogens with zero attached hydrogens (tertiary/aromatic N) is 6. The summed E-state index contributed by atoms with van der Waals surface area (Å²) < 4.78 is 5.56. The van der Waals surface area contributed by atoms with Crippen LogP contribution in [0, 0.1) is 0 Å². The van der Waals surface area contributed by atoms with Gasteiger partial charge in [0.15, 0.2) is 5.82 Å². The molecule has 28 heavy (non-hydrogen) atoms. The van der Waals surface area contributed by atoms with Crippen molar-refractivity contribution in [2.75, 3.05) is 71.0 Å². The van der Waals surface area contributed by atoms with Gasteiger partial charge in [-0.1, -0.05) is 0 Å². The minimum absolute atomic E-state index is 0.548. The number of hydrogen-bond donors (Lipinski definition) is 1. The average Bonchev–Trinajstić information content (AvgIpc) is 3.39. The third-order valence-electron chi connectivity index (χ3n) is 5.75. The van der Waals surface area contributed by atoms with Crippen molar-refractivity contribution >= 4 is 17.6 Å². The Morgan fingerprint density at radius 3 is 2.71 bits per heavy atom. The van der Waals surface area contributed by atoms with Crippen molar-refractivity contribution < 1.29 is 4.74 Å². The van der Waals surface area contributed by atoms with E-state index in [0.717, 1.165) is 82.7 Å². The summed E-state index contributed by atoms with van der Waals surface area (Å²) in [5.41, 5.74) is 2.14.